The van der Waals surface area contributed by atoms with E-state index in [4.69, 9.17) is 9.90 Å². The van der Waals surface area contributed by atoms with Gasteiger partial charge >= 0.3 is 0 Å². The second-order valence-corrected chi connectivity index (χ2v) is 5.43. The van der Waals surface area contributed by atoms with E-state index in [1.54, 1.807) is 6.08 Å². The van der Waals surface area contributed by atoms with Gasteiger partial charge in [0.15, 0.2) is 0 Å². The predicted octanol–water partition coefficient (Wildman–Crippen LogP) is 3.09. The molecule has 0 saturated carbocycles. The Morgan fingerprint density at radius 1 is 1.44 bits per heavy atom. The fourth-order valence-electron chi connectivity index (χ4n) is 1.64. The Hall–Kier alpha value is -0.830. The average molecular weight is 230 g/mol. The number of rotatable bonds is 4. The third kappa shape index (κ3) is 18.9. The van der Waals surface area contributed by atoms with Gasteiger partial charge in [-0.25, -0.2) is 0 Å². The Morgan fingerprint density at radius 3 is 2.06 bits per heavy atom. The second kappa shape index (κ2) is 8.34. The number of carboxylic acid groups (broad SMARTS) is 1. The molecule has 0 rings (SSSR count). The number of carbonyl (C=O) groups is 1. The zero-order valence-corrected chi connectivity index (χ0v) is 11.2. The highest BCUT2D eigenvalue weighted by molar-refractivity contribution is 5.62. The summed E-state index contributed by atoms with van der Waals surface area (Å²) in [5.74, 6) is -0.266. The van der Waals surface area contributed by atoms with Gasteiger partial charge in [-0.15, -0.1) is 6.58 Å². The lowest BCUT2D eigenvalue weighted by atomic mass is 9.83. The van der Waals surface area contributed by atoms with Crippen molar-refractivity contribution in [2.45, 2.75) is 53.6 Å². The maximum atomic E-state index is 9.31. The molecular formula is C13H26O3. The van der Waals surface area contributed by atoms with Crippen LogP contribution in [0.2, 0.25) is 0 Å². The summed E-state index contributed by atoms with van der Waals surface area (Å²) in [6.07, 6.45) is 3.26. The van der Waals surface area contributed by atoms with Crippen molar-refractivity contribution in [1.82, 2.24) is 0 Å². The second-order valence-electron chi connectivity index (χ2n) is 5.43. The van der Waals surface area contributed by atoms with E-state index in [0.29, 0.717) is 11.3 Å². The highest BCUT2D eigenvalue weighted by Gasteiger charge is 2.16. The molecule has 0 aliphatic carbocycles. The van der Waals surface area contributed by atoms with Crippen LogP contribution in [0.25, 0.3) is 0 Å². The predicted molar refractivity (Wildman–Crippen MR) is 67.4 cm³/mol. The Kier molecular flexibility index (Phi) is 9.15. The highest BCUT2D eigenvalue weighted by atomic mass is 16.4. The van der Waals surface area contributed by atoms with Crippen LogP contribution in [0.3, 0.4) is 0 Å². The van der Waals surface area contributed by atoms with E-state index in [0.717, 1.165) is 19.8 Å². The Balaban J connectivity index is 0. The molecule has 2 atom stereocenters. The van der Waals surface area contributed by atoms with Crippen molar-refractivity contribution in [2.24, 2.45) is 11.3 Å². The number of hydrogen-bond donors (Lipinski definition) is 2. The summed E-state index contributed by atoms with van der Waals surface area (Å²) in [6.45, 7) is 13.5. The number of aliphatic hydroxyl groups excluding tert-OH is 1. The van der Waals surface area contributed by atoms with E-state index in [2.05, 4.69) is 34.3 Å². The normalized spacial score (nSPS) is 14.4. The maximum absolute atomic E-state index is 9.31. The van der Waals surface area contributed by atoms with Gasteiger partial charge in [-0.05, 0) is 24.2 Å². The van der Waals surface area contributed by atoms with Gasteiger partial charge in [0.05, 0.1) is 6.10 Å². The molecule has 0 saturated heterocycles. The summed E-state index contributed by atoms with van der Waals surface area (Å²) >= 11 is 0. The van der Waals surface area contributed by atoms with E-state index < -0.39 is 5.97 Å². The first kappa shape index (κ1) is 17.6. The molecule has 0 fully saturated rings. The standard InChI is InChI=1S/C11H22O.C2H4O2/c1-6-10(12)7-9(2)8-11(3,4)5;1-2(3)4/h6,9-10,12H,1,7-8H2,2-5H3;1H3,(H,3,4). The van der Waals surface area contributed by atoms with E-state index in [1.165, 1.54) is 0 Å². The lowest BCUT2D eigenvalue weighted by molar-refractivity contribution is -0.134. The Labute approximate surface area is 99.2 Å². The van der Waals surface area contributed by atoms with Gasteiger partial charge in [0.1, 0.15) is 0 Å². The molecule has 0 bridgehead atoms. The van der Waals surface area contributed by atoms with Crippen LogP contribution in [0.1, 0.15) is 47.5 Å². The molecule has 2 N–H and O–H groups in total. The SMILES string of the molecule is C=CC(O)CC(C)CC(C)(C)C.CC(=O)O. The van der Waals surface area contributed by atoms with Crippen molar-refractivity contribution in [2.75, 3.05) is 0 Å². The quantitative estimate of drug-likeness (QED) is 0.730. The molecule has 2 unspecified atom stereocenters. The fraction of sp³-hybridized carbons (Fsp3) is 0.769. The minimum absolute atomic E-state index is 0.331. The largest absolute Gasteiger partial charge is 0.481 e. The lowest BCUT2D eigenvalue weighted by Gasteiger charge is -2.23. The highest BCUT2D eigenvalue weighted by Crippen LogP contribution is 2.26. The fourth-order valence-corrected chi connectivity index (χ4v) is 1.64. The number of carboxylic acids is 1. The van der Waals surface area contributed by atoms with Crippen molar-refractivity contribution < 1.29 is 15.0 Å². The first-order chi connectivity index (χ1) is 7.08. The molecule has 0 spiro atoms. The molecular weight excluding hydrogens is 204 g/mol. The number of hydrogen-bond acceptors (Lipinski definition) is 2. The van der Waals surface area contributed by atoms with Gasteiger partial charge in [-0.3, -0.25) is 4.79 Å². The summed E-state index contributed by atoms with van der Waals surface area (Å²) in [6, 6.07) is 0. The van der Waals surface area contributed by atoms with Gasteiger partial charge < -0.3 is 10.2 Å². The Morgan fingerprint density at radius 2 is 1.81 bits per heavy atom. The molecule has 16 heavy (non-hydrogen) atoms. The zero-order chi connectivity index (χ0) is 13.4. The summed E-state index contributed by atoms with van der Waals surface area (Å²) in [7, 11) is 0. The van der Waals surface area contributed by atoms with Crippen LogP contribution in [0.15, 0.2) is 12.7 Å². The van der Waals surface area contributed by atoms with E-state index in [1.807, 2.05) is 0 Å². The molecule has 96 valence electrons. The smallest absolute Gasteiger partial charge is 0.300 e. The average Bonchev–Trinajstić information content (AvgIpc) is 1.98. The van der Waals surface area contributed by atoms with Crippen LogP contribution in [-0.4, -0.2) is 22.3 Å². The van der Waals surface area contributed by atoms with Gasteiger partial charge in [0, 0.05) is 6.92 Å². The van der Waals surface area contributed by atoms with Gasteiger partial charge in [0.2, 0.25) is 0 Å². The van der Waals surface area contributed by atoms with E-state index in [-0.39, 0.29) is 6.10 Å². The summed E-state index contributed by atoms with van der Waals surface area (Å²) in [5.41, 5.74) is 0.361. The monoisotopic (exact) mass is 230 g/mol. The van der Waals surface area contributed by atoms with Crippen molar-refractivity contribution >= 4 is 5.97 Å². The minimum atomic E-state index is -0.833. The van der Waals surface area contributed by atoms with Crippen LogP contribution >= 0.6 is 0 Å². The molecule has 3 heteroatoms. The van der Waals surface area contributed by atoms with Crippen LogP contribution in [-0.2, 0) is 4.79 Å². The van der Waals surface area contributed by atoms with Crippen molar-refractivity contribution in [3.63, 3.8) is 0 Å². The van der Waals surface area contributed by atoms with Crippen LogP contribution in [0, 0.1) is 11.3 Å². The molecule has 0 heterocycles. The van der Waals surface area contributed by atoms with Crippen molar-refractivity contribution in [3.05, 3.63) is 12.7 Å². The van der Waals surface area contributed by atoms with Gasteiger partial charge in [-0.1, -0.05) is 33.8 Å². The van der Waals surface area contributed by atoms with Crippen molar-refractivity contribution in [3.8, 4) is 0 Å². The molecule has 0 radical (unpaired) electrons. The summed E-state index contributed by atoms with van der Waals surface area (Å²) in [5, 5.41) is 16.7. The summed E-state index contributed by atoms with van der Waals surface area (Å²) in [4.78, 5) is 9.00. The molecule has 0 aromatic carbocycles. The number of aliphatic hydroxyl groups is 1. The molecule has 0 amide bonds. The first-order valence-electron chi connectivity index (χ1n) is 5.58. The van der Waals surface area contributed by atoms with Crippen LogP contribution in [0.5, 0.6) is 0 Å². The van der Waals surface area contributed by atoms with E-state index in [9.17, 15) is 5.11 Å². The molecule has 0 aliphatic rings. The third-order valence-electron chi connectivity index (χ3n) is 1.88. The van der Waals surface area contributed by atoms with Crippen LogP contribution in [0.4, 0.5) is 0 Å². The maximum Gasteiger partial charge on any atom is 0.300 e. The first-order valence-corrected chi connectivity index (χ1v) is 5.58. The Bertz CT molecular complexity index is 200. The van der Waals surface area contributed by atoms with Gasteiger partial charge in [-0.2, -0.15) is 0 Å². The zero-order valence-electron chi connectivity index (χ0n) is 11.2. The lowest BCUT2D eigenvalue weighted by Crippen LogP contribution is -2.15. The van der Waals surface area contributed by atoms with Crippen molar-refractivity contribution in [1.29, 1.82) is 0 Å². The third-order valence-corrected chi connectivity index (χ3v) is 1.88. The topological polar surface area (TPSA) is 57.5 Å². The summed E-state index contributed by atoms with van der Waals surface area (Å²) < 4.78 is 0. The van der Waals surface area contributed by atoms with Gasteiger partial charge in [0.25, 0.3) is 5.97 Å². The molecule has 0 aromatic heterocycles. The minimum Gasteiger partial charge on any atom is -0.481 e. The molecule has 3 nitrogen and oxygen atoms in total. The van der Waals surface area contributed by atoms with E-state index >= 15 is 0 Å². The molecule has 0 aliphatic heterocycles. The van der Waals surface area contributed by atoms with Crippen LogP contribution < -0.4 is 0 Å². The number of aliphatic carboxylic acids is 1. The molecule has 0 aromatic rings.